The summed E-state index contributed by atoms with van der Waals surface area (Å²) in [7, 11) is 0. The van der Waals surface area contributed by atoms with Gasteiger partial charge in [-0.3, -0.25) is 0 Å². The maximum atomic E-state index is 6.47. The molecule has 5 heteroatoms. The van der Waals surface area contributed by atoms with Crippen LogP contribution in [0.1, 0.15) is 0 Å². The molecule has 0 aliphatic carbocycles. The lowest BCUT2D eigenvalue weighted by Crippen LogP contribution is -2.00. The lowest BCUT2D eigenvalue weighted by Gasteiger charge is -2.10. The van der Waals surface area contributed by atoms with Gasteiger partial charge in [-0.25, -0.2) is 15.0 Å². The zero-order valence-electron chi connectivity index (χ0n) is 25.7. The van der Waals surface area contributed by atoms with Crippen LogP contribution in [0.25, 0.3) is 94.4 Å². The Morgan fingerprint density at radius 1 is 0.417 bits per heavy atom. The van der Waals surface area contributed by atoms with Crippen LogP contribution in [0.5, 0.6) is 0 Å². The quantitative estimate of drug-likeness (QED) is 0.198. The molecule has 0 saturated heterocycles. The van der Waals surface area contributed by atoms with E-state index in [1.54, 1.807) is 0 Å². The van der Waals surface area contributed by atoms with E-state index in [1.165, 1.54) is 27.1 Å². The predicted molar refractivity (Wildman–Crippen MR) is 195 cm³/mol. The Balaban J connectivity index is 1.24. The van der Waals surface area contributed by atoms with Crippen molar-refractivity contribution in [2.45, 2.75) is 0 Å². The van der Waals surface area contributed by atoms with Gasteiger partial charge in [-0.15, -0.1) is 0 Å². The molecule has 48 heavy (non-hydrogen) atoms. The van der Waals surface area contributed by atoms with Gasteiger partial charge in [0.15, 0.2) is 17.5 Å². The molecule has 0 spiro atoms. The molecule has 3 heterocycles. The Bertz CT molecular complexity index is 2780. The smallest absolute Gasteiger partial charge is 0.164 e. The second kappa shape index (κ2) is 10.5. The predicted octanol–water partition coefficient (Wildman–Crippen LogP) is 11.0. The maximum absolute atomic E-state index is 6.47. The van der Waals surface area contributed by atoms with Gasteiger partial charge < -0.3 is 8.98 Å². The third-order valence-electron chi connectivity index (χ3n) is 9.24. The lowest BCUT2D eigenvalue weighted by atomic mass is 10.0. The first kappa shape index (κ1) is 26.6. The van der Waals surface area contributed by atoms with Gasteiger partial charge in [0.05, 0.1) is 11.0 Å². The van der Waals surface area contributed by atoms with Crippen LogP contribution in [0.3, 0.4) is 0 Å². The number of furan rings is 1. The van der Waals surface area contributed by atoms with E-state index in [4.69, 9.17) is 19.4 Å². The molecule has 0 fully saturated rings. The van der Waals surface area contributed by atoms with E-state index in [9.17, 15) is 0 Å². The zero-order chi connectivity index (χ0) is 31.6. The molecule has 0 atom stereocenters. The van der Waals surface area contributed by atoms with E-state index in [2.05, 4.69) is 89.5 Å². The summed E-state index contributed by atoms with van der Waals surface area (Å²) < 4.78 is 8.83. The Morgan fingerprint density at radius 3 is 1.85 bits per heavy atom. The minimum absolute atomic E-state index is 0.602. The highest BCUT2D eigenvalue weighted by Crippen LogP contribution is 2.40. The molecule has 7 aromatic carbocycles. The monoisotopic (exact) mass is 614 g/mol. The second-order valence-electron chi connectivity index (χ2n) is 12.0. The van der Waals surface area contributed by atoms with Crippen LogP contribution in [0, 0.1) is 0 Å². The summed E-state index contributed by atoms with van der Waals surface area (Å²) in [5.41, 5.74) is 7.75. The first-order valence-corrected chi connectivity index (χ1v) is 16.0. The van der Waals surface area contributed by atoms with Crippen LogP contribution < -0.4 is 0 Å². The molecular formula is C43H26N4O. The number of fused-ring (bicyclic) bond motifs is 8. The molecular weight excluding hydrogens is 589 g/mol. The van der Waals surface area contributed by atoms with Crippen molar-refractivity contribution < 1.29 is 4.42 Å². The van der Waals surface area contributed by atoms with Gasteiger partial charge in [-0.1, -0.05) is 121 Å². The standard InChI is InChI=1S/C43H26N4O/c1-3-13-28(14-4-1)41-44-42(29-15-5-2-6-16-29)46-43(45-41)33-19-11-21-38-40(33)34-26-30(23-25-37(34)48-38)47-35-20-10-9-18-32(35)39-31-17-8-7-12-27(31)22-24-36(39)47/h1-26H. The Labute approximate surface area is 275 Å². The Hall–Kier alpha value is -6.59. The molecule has 0 bridgehead atoms. The number of hydrogen-bond donors (Lipinski definition) is 0. The van der Waals surface area contributed by atoms with Crippen molar-refractivity contribution in [3.63, 3.8) is 0 Å². The third kappa shape index (κ3) is 4.08. The van der Waals surface area contributed by atoms with Crippen molar-refractivity contribution in [2.75, 3.05) is 0 Å². The topological polar surface area (TPSA) is 56.7 Å². The highest BCUT2D eigenvalue weighted by molar-refractivity contribution is 6.21. The van der Waals surface area contributed by atoms with Crippen LogP contribution in [0.4, 0.5) is 0 Å². The van der Waals surface area contributed by atoms with Gasteiger partial charge in [0.1, 0.15) is 11.2 Å². The molecule has 0 aliphatic heterocycles. The fourth-order valence-corrected chi connectivity index (χ4v) is 7.09. The number of para-hydroxylation sites is 1. The van der Waals surface area contributed by atoms with Crippen molar-refractivity contribution in [2.24, 2.45) is 0 Å². The van der Waals surface area contributed by atoms with Gasteiger partial charge in [0.2, 0.25) is 0 Å². The zero-order valence-corrected chi connectivity index (χ0v) is 25.7. The Morgan fingerprint density at radius 2 is 1.08 bits per heavy atom. The van der Waals surface area contributed by atoms with Gasteiger partial charge in [0, 0.05) is 43.9 Å². The van der Waals surface area contributed by atoms with E-state index >= 15 is 0 Å². The van der Waals surface area contributed by atoms with E-state index in [-0.39, 0.29) is 0 Å². The summed E-state index contributed by atoms with van der Waals surface area (Å²) in [5, 5.41) is 6.96. The van der Waals surface area contributed by atoms with E-state index in [1.807, 2.05) is 72.8 Å². The Kier molecular flexibility index (Phi) is 5.81. The fraction of sp³-hybridized carbons (Fsp3) is 0. The highest BCUT2D eigenvalue weighted by Gasteiger charge is 2.20. The van der Waals surface area contributed by atoms with Crippen molar-refractivity contribution in [3.05, 3.63) is 158 Å². The van der Waals surface area contributed by atoms with Crippen LogP contribution >= 0.6 is 0 Å². The number of nitrogens with zero attached hydrogens (tertiary/aromatic N) is 4. The number of aromatic nitrogens is 4. The summed E-state index contributed by atoms with van der Waals surface area (Å²) in [6.45, 7) is 0. The second-order valence-corrected chi connectivity index (χ2v) is 12.0. The van der Waals surface area contributed by atoms with Crippen LogP contribution in [0.15, 0.2) is 162 Å². The molecule has 0 N–H and O–H groups in total. The minimum atomic E-state index is 0.602. The van der Waals surface area contributed by atoms with Crippen LogP contribution in [-0.2, 0) is 0 Å². The van der Waals surface area contributed by atoms with Crippen molar-refractivity contribution in [1.29, 1.82) is 0 Å². The van der Waals surface area contributed by atoms with Gasteiger partial charge in [0.25, 0.3) is 0 Å². The van der Waals surface area contributed by atoms with Gasteiger partial charge >= 0.3 is 0 Å². The van der Waals surface area contributed by atoms with E-state index < -0.39 is 0 Å². The molecule has 3 aromatic heterocycles. The summed E-state index contributed by atoms with van der Waals surface area (Å²) in [5.74, 6) is 1.86. The molecule has 5 nitrogen and oxygen atoms in total. The molecule has 0 aliphatic rings. The normalized spacial score (nSPS) is 11.8. The number of hydrogen-bond acceptors (Lipinski definition) is 4. The third-order valence-corrected chi connectivity index (χ3v) is 9.24. The molecule has 0 unspecified atom stereocenters. The molecule has 10 aromatic rings. The minimum Gasteiger partial charge on any atom is -0.456 e. The molecule has 0 saturated carbocycles. The molecule has 224 valence electrons. The van der Waals surface area contributed by atoms with Gasteiger partial charge in [-0.05, 0) is 47.2 Å². The van der Waals surface area contributed by atoms with Gasteiger partial charge in [-0.2, -0.15) is 0 Å². The van der Waals surface area contributed by atoms with Crippen molar-refractivity contribution in [1.82, 2.24) is 19.5 Å². The van der Waals surface area contributed by atoms with E-state index in [0.29, 0.717) is 17.5 Å². The molecule has 10 rings (SSSR count). The van der Waals surface area contributed by atoms with Crippen molar-refractivity contribution in [3.8, 4) is 39.9 Å². The van der Waals surface area contributed by atoms with E-state index in [0.717, 1.165) is 49.8 Å². The average molecular weight is 615 g/mol. The number of benzene rings is 7. The SMILES string of the molecule is c1ccc(-c2nc(-c3ccccc3)nc(-c3cccc4oc5ccc(-n6c7ccccc7c7c8ccccc8ccc76)cc5c34)n2)cc1. The molecule has 0 radical (unpaired) electrons. The van der Waals surface area contributed by atoms with Crippen LogP contribution in [-0.4, -0.2) is 19.5 Å². The van der Waals surface area contributed by atoms with Crippen molar-refractivity contribution >= 4 is 54.5 Å². The first-order valence-electron chi connectivity index (χ1n) is 16.0. The summed E-state index contributed by atoms with van der Waals surface area (Å²) >= 11 is 0. The summed E-state index contributed by atoms with van der Waals surface area (Å²) in [6.07, 6.45) is 0. The largest absolute Gasteiger partial charge is 0.456 e. The summed E-state index contributed by atoms with van der Waals surface area (Å²) in [6, 6.07) is 54.4. The average Bonchev–Trinajstić information content (AvgIpc) is 3.71. The first-order chi connectivity index (χ1) is 23.8. The highest BCUT2D eigenvalue weighted by atomic mass is 16.3. The molecule has 0 amide bonds. The fourth-order valence-electron chi connectivity index (χ4n) is 7.09. The lowest BCUT2D eigenvalue weighted by molar-refractivity contribution is 0.669. The maximum Gasteiger partial charge on any atom is 0.164 e. The van der Waals surface area contributed by atoms with Crippen LogP contribution in [0.2, 0.25) is 0 Å². The number of rotatable bonds is 4. The summed E-state index contributed by atoms with van der Waals surface area (Å²) in [4.78, 5) is 15.0.